The predicted molar refractivity (Wildman–Crippen MR) is 113 cm³/mol. The summed E-state index contributed by atoms with van der Waals surface area (Å²) >= 11 is 0. The number of aromatic nitrogens is 2. The van der Waals surface area contributed by atoms with Crippen molar-refractivity contribution in [2.45, 2.75) is 20.4 Å². The first kappa shape index (κ1) is 20.1. The minimum Gasteiger partial charge on any atom is -0.493 e. The third-order valence-electron chi connectivity index (χ3n) is 4.57. The summed E-state index contributed by atoms with van der Waals surface area (Å²) in [5.41, 5.74) is 4.27. The number of carbonyl (C=O) groups is 1. The summed E-state index contributed by atoms with van der Waals surface area (Å²) in [4.78, 5) is 20.9. The van der Waals surface area contributed by atoms with Crippen molar-refractivity contribution in [1.29, 1.82) is 0 Å². The first-order valence-corrected chi connectivity index (χ1v) is 9.15. The van der Waals surface area contributed by atoms with Crippen LogP contribution in [-0.4, -0.2) is 30.1 Å². The van der Waals surface area contributed by atoms with Gasteiger partial charge in [0, 0.05) is 12.2 Å². The molecule has 1 aromatic heterocycles. The zero-order valence-electron chi connectivity index (χ0n) is 16.9. The highest BCUT2D eigenvalue weighted by molar-refractivity contribution is 6.02. The molecule has 0 unspecified atom stereocenters. The molecule has 0 radical (unpaired) electrons. The Hall–Kier alpha value is -3.61. The van der Waals surface area contributed by atoms with Crippen LogP contribution in [0, 0.1) is 13.8 Å². The lowest BCUT2D eigenvalue weighted by molar-refractivity contribution is 0.102. The van der Waals surface area contributed by atoms with Crippen LogP contribution in [0.5, 0.6) is 11.5 Å². The van der Waals surface area contributed by atoms with E-state index in [0.717, 1.165) is 16.8 Å². The number of nitrogens with zero attached hydrogens (tertiary/aromatic N) is 2. The van der Waals surface area contributed by atoms with Crippen molar-refractivity contribution in [3.63, 3.8) is 0 Å². The van der Waals surface area contributed by atoms with E-state index < -0.39 is 0 Å². The summed E-state index contributed by atoms with van der Waals surface area (Å²) in [6.07, 6.45) is 2.99. The number of rotatable bonds is 7. The third kappa shape index (κ3) is 5.01. The average molecular weight is 392 g/mol. The summed E-state index contributed by atoms with van der Waals surface area (Å²) in [5, 5.41) is 6.02. The van der Waals surface area contributed by atoms with Gasteiger partial charge in [0.15, 0.2) is 11.5 Å². The Morgan fingerprint density at radius 1 is 0.931 bits per heavy atom. The minimum atomic E-state index is -0.299. The molecule has 0 saturated carbocycles. The highest BCUT2D eigenvalue weighted by Gasteiger charge is 2.10. The van der Waals surface area contributed by atoms with Crippen LogP contribution in [0.4, 0.5) is 11.5 Å². The van der Waals surface area contributed by atoms with Crippen molar-refractivity contribution < 1.29 is 14.3 Å². The molecule has 0 aliphatic heterocycles. The van der Waals surface area contributed by atoms with Gasteiger partial charge in [0.1, 0.15) is 11.5 Å². The van der Waals surface area contributed by atoms with Crippen molar-refractivity contribution in [2.24, 2.45) is 0 Å². The topological polar surface area (TPSA) is 85.4 Å². The van der Waals surface area contributed by atoms with E-state index in [0.29, 0.717) is 23.9 Å². The van der Waals surface area contributed by atoms with Gasteiger partial charge in [-0.2, -0.15) is 0 Å². The van der Waals surface area contributed by atoms with E-state index in [4.69, 9.17) is 9.47 Å². The Bertz CT molecular complexity index is 1000. The van der Waals surface area contributed by atoms with Crippen LogP contribution in [0.3, 0.4) is 0 Å². The van der Waals surface area contributed by atoms with E-state index in [1.54, 1.807) is 14.2 Å². The number of anilines is 2. The van der Waals surface area contributed by atoms with Crippen LogP contribution in [0.2, 0.25) is 0 Å². The van der Waals surface area contributed by atoms with Crippen molar-refractivity contribution in [3.05, 3.63) is 71.2 Å². The molecule has 7 heteroatoms. The highest BCUT2D eigenvalue weighted by Crippen LogP contribution is 2.27. The van der Waals surface area contributed by atoms with Gasteiger partial charge in [0.25, 0.3) is 5.91 Å². The van der Waals surface area contributed by atoms with Crippen molar-refractivity contribution in [2.75, 3.05) is 24.9 Å². The molecule has 2 N–H and O–H groups in total. The maximum absolute atomic E-state index is 12.4. The molecule has 150 valence electrons. The Morgan fingerprint density at radius 3 is 2.38 bits per heavy atom. The first-order chi connectivity index (χ1) is 14.0. The van der Waals surface area contributed by atoms with Gasteiger partial charge in [-0.25, -0.2) is 9.97 Å². The van der Waals surface area contributed by atoms with E-state index in [1.165, 1.54) is 18.0 Å². The van der Waals surface area contributed by atoms with E-state index in [9.17, 15) is 4.79 Å². The summed E-state index contributed by atoms with van der Waals surface area (Å²) in [7, 11) is 3.20. The number of carbonyl (C=O) groups excluding carboxylic acids is 1. The molecule has 1 amide bonds. The number of hydrogen-bond donors (Lipinski definition) is 2. The van der Waals surface area contributed by atoms with Crippen LogP contribution in [0.15, 0.2) is 48.8 Å². The molecule has 29 heavy (non-hydrogen) atoms. The summed E-state index contributed by atoms with van der Waals surface area (Å²) in [5.74, 6) is 1.61. The second kappa shape index (κ2) is 9.05. The van der Waals surface area contributed by atoms with Crippen molar-refractivity contribution in [3.8, 4) is 11.5 Å². The maximum atomic E-state index is 12.4. The molecule has 3 aromatic rings. The minimum absolute atomic E-state index is 0.250. The fourth-order valence-corrected chi connectivity index (χ4v) is 2.73. The number of benzene rings is 2. The monoisotopic (exact) mass is 392 g/mol. The van der Waals surface area contributed by atoms with Crippen LogP contribution in [-0.2, 0) is 6.54 Å². The fraction of sp³-hybridized carbons (Fsp3) is 0.227. The Morgan fingerprint density at radius 2 is 1.72 bits per heavy atom. The number of amides is 1. The molecule has 0 fully saturated rings. The second-order valence-electron chi connectivity index (χ2n) is 6.58. The average Bonchev–Trinajstić information content (AvgIpc) is 2.75. The molecule has 0 saturated heterocycles. The number of nitrogens with one attached hydrogen (secondary N) is 2. The second-order valence-corrected chi connectivity index (χ2v) is 6.58. The number of hydrogen-bond acceptors (Lipinski definition) is 6. The van der Waals surface area contributed by atoms with Gasteiger partial charge in [-0.05, 0) is 54.8 Å². The molecule has 1 heterocycles. The van der Waals surface area contributed by atoms with Crippen LogP contribution in [0.25, 0.3) is 0 Å². The lowest BCUT2D eigenvalue weighted by atomic mass is 10.1. The fourth-order valence-electron chi connectivity index (χ4n) is 2.73. The molecule has 0 spiro atoms. The Labute approximate surface area is 170 Å². The first-order valence-electron chi connectivity index (χ1n) is 9.15. The standard InChI is InChI=1S/C22H24N4O3/c1-14-5-7-17(9-15(14)2)26-22(27)18-12-25-21(13-23-18)24-11-16-6-8-19(28-3)20(10-16)29-4/h5-10,12-13H,11H2,1-4H3,(H,24,25)(H,26,27). The lowest BCUT2D eigenvalue weighted by Gasteiger charge is -2.11. The van der Waals surface area contributed by atoms with Gasteiger partial charge in [-0.1, -0.05) is 12.1 Å². The highest BCUT2D eigenvalue weighted by atomic mass is 16.5. The van der Waals surface area contributed by atoms with Gasteiger partial charge in [0.2, 0.25) is 0 Å². The van der Waals surface area contributed by atoms with E-state index in [2.05, 4.69) is 20.6 Å². The smallest absolute Gasteiger partial charge is 0.275 e. The van der Waals surface area contributed by atoms with Gasteiger partial charge >= 0.3 is 0 Å². The van der Waals surface area contributed by atoms with Gasteiger partial charge in [0.05, 0.1) is 26.6 Å². The Kier molecular flexibility index (Phi) is 6.29. The zero-order valence-corrected chi connectivity index (χ0v) is 16.9. The molecule has 3 rings (SSSR count). The van der Waals surface area contributed by atoms with Crippen LogP contribution >= 0.6 is 0 Å². The van der Waals surface area contributed by atoms with Crippen LogP contribution < -0.4 is 20.1 Å². The molecular weight excluding hydrogens is 368 g/mol. The molecule has 0 aliphatic rings. The largest absolute Gasteiger partial charge is 0.493 e. The molecular formula is C22H24N4O3. The molecule has 2 aromatic carbocycles. The quantitative estimate of drug-likeness (QED) is 0.633. The zero-order chi connectivity index (χ0) is 20.8. The summed E-state index contributed by atoms with van der Waals surface area (Å²) < 4.78 is 10.5. The number of aryl methyl sites for hydroxylation is 2. The molecule has 0 atom stereocenters. The van der Waals surface area contributed by atoms with Crippen LogP contribution in [0.1, 0.15) is 27.2 Å². The summed E-state index contributed by atoms with van der Waals surface area (Å²) in [6, 6.07) is 11.4. The lowest BCUT2D eigenvalue weighted by Crippen LogP contribution is -2.14. The molecule has 0 aliphatic carbocycles. The van der Waals surface area contributed by atoms with Crippen molar-refractivity contribution in [1.82, 2.24) is 9.97 Å². The normalized spacial score (nSPS) is 10.3. The van der Waals surface area contributed by atoms with Crippen molar-refractivity contribution >= 4 is 17.4 Å². The van der Waals surface area contributed by atoms with E-state index in [1.807, 2.05) is 50.2 Å². The molecule has 0 bridgehead atoms. The van der Waals surface area contributed by atoms with Gasteiger partial charge in [-0.3, -0.25) is 4.79 Å². The molecule has 7 nitrogen and oxygen atoms in total. The Balaban J connectivity index is 1.61. The predicted octanol–water partition coefficient (Wildman–Crippen LogP) is 3.98. The SMILES string of the molecule is COc1ccc(CNc2cnc(C(=O)Nc3ccc(C)c(C)c3)cn2)cc1OC. The number of ether oxygens (including phenoxy) is 2. The maximum Gasteiger partial charge on any atom is 0.275 e. The van der Waals surface area contributed by atoms with Gasteiger partial charge in [-0.15, -0.1) is 0 Å². The van der Waals surface area contributed by atoms with E-state index in [-0.39, 0.29) is 11.6 Å². The summed E-state index contributed by atoms with van der Waals surface area (Å²) in [6.45, 7) is 4.56. The third-order valence-corrected chi connectivity index (χ3v) is 4.57. The van der Waals surface area contributed by atoms with Gasteiger partial charge < -0.3 is 20.1 Å². The van der Waals surface area contributed by atoms with E-state index >= 15 is 0 Å². The number of methoxy groups -OCH3 is 2.